The second-order valence-electron chi connectivity index (χ2n) is 3.94. The Kier molecular flexibility index (Phi) is 3.54. The van der Waals surface area contributed by atoms with Gasteiger partial charge in [0.15, 0.2) is 0 Å². The van der Waals surface area contributed by atoms with Crippen LogP contribution in [0.1, 0.15) is 24.3 Å². The predicted octanol–water partition coefficient (Wildman–Crippen LogP) is 2.58. The highest BCUT2D eigenvalue weighted by molar-refractivity contribution is 7.98. The number of phenols is 1. The van der Waals surface area contributed by atoms with E-state index in [2.05, 4.69) is 5.32 Å². The Morgan fingerprint density at radius 3 is 3.00 bits per heavy atom. The fraction of sp³-hybridized carbons (Fsp3) is 0.500. The van der Waals surface area contributed by atoms with Crippen LogP contribution in [0.2, 0.25) is 0 Å². The first-order valence-corrected chi connectivity index (χ1v) is 6.62. The Bertz CT molecular complexity index is 334. The molecule has 0 saturated carbocycles. The molecule has 1 atom stereocenters. The first-order chi connectivity index (χ1) is 7.33. The number of nitrogens with one attached hydrogen (secondary N) is 1. The van der Waals surface area contributed by atoms with E-state index < -0.39 is 0 Å². The molecule has 3 heteroatoms. The minimum absolute atomic E-state index is 0.478. The van der Waals surface area contributed by atoms with Crippen molar-refractivity contribution in [3.8, 4) is 5.75 Å². The van der Waals surface area contributed by atoms with E-state index in [1.807, 2.05) is 24.5 Å². The number of aromatic hydroxyl groups is 1. The van der Waals surface area contributed by atoms with Crippen LogP contribution in [-0.2, 0) is 0 Å². The Morgan fingerprint density at radius 2 is 2.33 bits per heavy atom. The van der Waals surface area contributed by atoms with E-state index in [0.717, 1.165) is 23.5 Å². The molecule has 0 aromatic heterocycles. The lowest BCUT2D eigenvalue weighted by molar-refractivity contribution is 0.418. The van der Waals surface area contributed by atoms with Crippen LogP contribution >= 0.6 is 11.8 Å². The Labute approximate surface area is 95.1 Å². The van der Waals surface area contributed by atoms with E-state index in [1.54, 1.807) is 11.8 Å². The molecule has 1 heterocycles. The smallest absolute Gasteiger partial charge is 0.132 e. The highest BCUT2D eigenvalue weighted by atomic mass is 32.2. The number of benzene rings is 1. The zero-order valence-electron chi connectivity index (χ0n) is 8.99. The van der Waals surface area contributed by atoms with Gasteiger partial charge in [0.2, 0.25) is 0 Å². The summed E-state index contributed by atoms with van der Waals surface area (Å²) in [7, 11) is 0. The van der Waals surface area contributed by atoms with Crippen LogP contribution < -0.4 is 5.32 Å². The lowest BCUT2D eigenvalue weighted by atomic mass is 9.91. The van der Waals surface area contributed by atoms with Gasteiger partial charge in [-0.2, -0.15) is 0 Å². The van der Waals surface area contributed by atoms with E-state index >= 15 is 0 Å². The van der Waals surface area contributed by atoms with Crippen LogP contribution in [0.4, 0.5) is 0 Å². The van der Waals surface area contributed by atoms with Gasteiger partial charge in [0.05, 0.1) is 0 Å². The monoisotopic (exact) mass is 223 g/mol. The summed E-state index contributed by atoms with van der Waals surface area (Å²) < 4.78 is 0. The molecule has 82 valence electrons. The standard InChI is InChI=1S/C12H17NOS/c1-15-11-6-2-5-10(12(11)14)9-4-3-7-13-8-9/h2,5-6,9,13-14H,3-4,7-8H2,1H3. The molecule has 2 rings (SSSR count). The number of rotatable bonds is 2. The fourth-order valence-electron chi connectivity index (χ4n) is 2.15. The minimum atomic E-state index is 0.478. The maximum Gasteiger partial charge on any atom is 0.132 e. The largest absolute Gasteiger partial charge is 0.506 e. The molecule has 0 amide bonds. The number of thioether (sulfide) groups is 1. The van der Waals surface area contributed by atoms with Crippen molar-refractivity contribution >= 4 is 11.8 Å². The summed E-state index contributed by atoms with van der Waals surface area (Å²) in [5.74, 6) is 0.963. The van der Waals surface area contributed by atoms with Crippen LogP contribution in [-0.4, -0.2) is 24.5 Å². The van der Waals surface area contributed by atoms with Crippen molar-refractivity contribution < 1.29 is 5.11 Å². The van der Waals surface area contributed by atoms with Gasteiger partial charge >= 0.3 is 0 Å². The topological polar surface area (TPSA) is 32.3 Å². The van der Waals surface area contributed by atoms with Crippen molar-refractivity contribution in [1.82, 2.24) is 5.32 Å². The van der Waals surface area contributed by atoms with Crippen molar-refractivity contribution in [1.29, 1.82) is 0 Å². The van der Waals surface area contributed by atoms with Gasteiger partial charge in [0, 0.05) is 17.4 Å². The quantitative estimate of drug-likeness (QED) is 0.756. The van der Waals surface area contributed by atoms with Crippen molar-refractivity contribution in [2.45, 2.75) is 23.7 Å². The zero-order valence-corrected chi connectivity index (χ0v) is 9.81. The molecule has 1 aliphatic heterocycles. The summed E-state index contributed by atoms with van der Waals surface area (Å²) in [6.07, 6.45) is 4.38. The molecular formula is C12H17NOS. The van der Waals surface area contributed by atoms with Crippen LogP contribution in [0.25, 0.3) is 0 Å². The van der Waals surface area contributed by atoms with E-state index in [-0.39, 0.29) is 0 Å². The summed E-state index contributed by atoms with van der Waals surface area (Å²) in [5.41, 5.74) is 1.11. The van der Waals surface area contributed by atoms with Gasteiger partial charge in [-0.25, -0.2) is 0 Å². The lowest BCUT2D eigenvalue weighted by Crippen LogP contribution is -2.28. The molecule has 0 radical (unpaired) electrons. The summed E-state index contributed by atoms with van der Waals surface area (Å²) >= 11 is 1.60. The lowest BCUT2D eigenvalue weighted by Gasteiger charge is -2.24. The van der Waals surface area contributed by atoms with Gasteiger partial charge in [-0.05, 0) is 37.3 Å². The normalized spacial score (nSPS) is 21.5. The Morgan fingerprint density at radius 1 is 1.47 bits per heavy atom. The maximum atomic E-state index is 10.1. The molecular weight excluding hydrogens is 206 g/mol. The van der Waals surface area contributed by atoms with E-state index in [1.165, 1.54) is 12.8 Å². The number of hydrogen-bond donors (Lipinski definition) is 2. The molecule has 2 nitrogen and oxygen atoms in total. The van der Waals surface area contributed by atoms with Gasteiger partial charge < -0.3 is 10.4 Å². The summed E-state index contributed by atoms with van der Waals surface area (Å²) in [5, 5.41) is 13.5. The fourth-order valence-corrected chi connectivity index (χ4v) is 2.68. The highest BCUT2D eigenvalue weighted by Crippen LogP contribution is 2.36. The average molecular weight is 223 g/mol. The van der Waals surface area contributed by atoms with E-state index in [9.17, 15) is 5.11 Å². The third-order valence-electron chi connectivity index (χ3n) is 2.99. The third kappa shape index (κ3) is 2.29. The molecule has 1 fully saturated rings. The first-order valence-electron chi connectivity index (χ1n) is 5.39. The number of piperidine rings is 1. The molecule has 0 spiro atoms. The van der Waals surface area contributed by atoms with Crippen molar-refractivity contribution in [3.63, 3.8) is 0 Å². The van der Waals surface area contributed by atoms with Gasteiger partial charge in [-0.3, -0.25) is 0 Å². The number of phenolic OH excluding ortho intramolecular Hbond substituents is 1. The number of para-hydroxylation sites is 1. The van der Waals surface area contributed by atoms with Crippen molar-refractivity contribution in [2.24, 2.45) is 0 Å². The molecule has 0 aliphatic carbocycles. The molecule has 0 bridgehead atoms. The SMILES string of the molecule is CSc1cccc(C2CCCNC2)c1O. The predicted molar refractivity (Wildman–Crippen MR) is 64.7 cm³/mol. The molecule has 1 saturated heterocycles. The Hall–Kier alpha value is -0.670. The first kappa shape index (κ1) is 10.8. The third-order valence-corrected chi connectivity index (χ3v) is 3.76. The molecule has 1 aromatic rings. The second kappa shape index (κ2) is 4.90. The summed E-state index contributed by atoms with van der Waals surface area (Å²) in [6, 6.07) is 6.06. The molecule has 15 heavy (non-hydrogen) atoms. The number of hydrogen-bond acceptors (Lipinski definition) is 3. The van der Waals surface area contributed by atoms with Gasteiger partial charge in [0.25, 0.3) is 0 Å². The maximum absolute atomic E-state index is 10.1. The van der Waals surface area contributed by atoms with Crippen molar-refractivity contribution in [3.05, 3.63) is 23.8 Å². The minimum Gasteiger partial charge on any atom is -0.506 e. The summed E-state index contributed by atoms with van der Waals surface area (Å²) in [6.45, 7) is 2.10. The van der Waals surface area contributed by atoms with E-state index in [4.69, 9.17) is 0 Å². The van der Waals surface area contributed by atoms with Gasteiger partial charge in [-0.1, -0.05) is 12.1 Å². The molecule has 1 aromatic carbocycles. The van der Waals surface area contributed by atoms with Crippen LogP contribution in [0.15, 0.2) is 23.1 Å². The summed E-state index contributed by atoms with van der Waals surface area (Å²) in [4.78, 5) is 0.984. The molecule has 1 unspecified atom stereocenters. The van der Waals surface area contributed by atoms with Gasteiger partial charge in [-0.15, -0.1) is 11.8 Å². The van der Waals surface area contributed by atoms with Crippen molar-refractivity contribution in [2.75, 3.05) is 19.3 Å². The van der Waals surface area contributed by atoms with Gasteiger partial charge in [0.1, 0.15) is 5.75 Å². The molecule has 1 aliphatic rings. The van der Waals surface area contributed by atoms with Crippen LogP contribution in [0, 0.1) is 0 Å². The highest BCUT2D eigenvalue weighted by Gasteiger charge is 2.19. The van der Waals surface area contributed by atoms with E-state index in [0.29, 0.717) is 11.7 Å². The second-order valence-corrected chi connectivity index (χ2v) is 4.79. The average Bonchev–Trinajstić information content (AvgIpc) is 2.30. The molecule has 2 N–H and O–H groups in total. The van der Waals surface area contributed by atoms with Crippen LogP contribution in [0.5, 0.6) is 5.75 Å². The van der Waals surface area contributed by atoms with Crippen LogP contribution in [0.3, 0.4) is 0 Å². The Balaban J connectivity index is 2.26. The zero-order chi connectivity index (χ0) is 10.7.